The highest BCUT2D eigenvalue weighted by Crippen LogP contribution is 2.25. The number of likely N-dealkylation sites (tertiary alicyclic amines) is 1. The van der Waals surface area contributed by atoms with Crippen LogP contribution in [0.2, 0.25) is 0 Å². The smallest absolute Gasteiger partial charge is 0.331 e. The largest absolute Gasteiger partial charge is 0.478 e. The van der Waals surface area contributed by atoms with Crippen LogP contribution >= 0.6 is 0 Å². The number of piperidine rings is 1. The number of rotatable bonds is 7. The zero-order valence-electron chi connectivity index (χ0n) is 19.3. The highest BCUT2D eigenvalue weighted by Gasteiger charge is 2.39. The minimum Gasteiger partial charge on any atom is -0.478 e. The zero-order valence-corrected chi connectivity index (χ0v) is 19.3. The number of nitrogens with one attached hydrogen (secondary N) is 1. The van der Waals surface area contributed by atoms with Crippen molar-refractivity contribution in [3.05, 3.63) is 11.6 Å². The Morgan fingerprint density at radius 2 is 1.79 bits per heavy atom. The summed E-state index contributed by atoms with van der Waals surface area (Å²) in [4.78, 5) is 41.2. The lowest BCUT2D eigenvalue weighted by molar-refractivity contribution is -0.141. The van der Waals surface area contributed by atoms with Gasteiger partial charge in [-0.25, -0.2) is 4.79 Å². The first-order valence-corrected chi connectivity index (χ1v) is 10.5. The number of likely N-dealkylation sites (N-methyl/N-ethyl adjacent to an activating group) is 2. The van der Waals surface area contributed by atoms with Crippen LogP contribution in [0.1, 0.15) is 60.8 Å². The normalized spacial score (nSPS) is 20.9. The number of carbonyl (C=O) groups excluding carboxylic acids is 2. The Bertz CT molecular complexity index is 636. The van der Waals surface area contributed by atoms with E-state index in [2.05, 4.69) is 5.32 Å². The second kappa shape index (κ2) is 10.2. The van der Waals surface area contributed by atoms with Crippen LogP contribution in [0.3, 0.4) is 0 Å². The van der Waals surface area contributed by atoms with E-state index in [1.165, 1.54) is 6.92 Å². The molecule has 29 heavy (non-hydrogen) atoms. The van der Waals surface area contributed by atoms with Crippen LogP contribution in [-0.2, 0) is 14.4 Å². The molecule has 2 N–H and O–H groups in total. The molecule has 7 nitrogen and oxygen atoms in total. The van der Waals surface area contributed by atoms with Crippen LogP contribution in [0, 0.1) is 11.3 Å². The summed E-state index contributed by atoms with van der Waals surface area (Å²) in [6, 6.07) is -1.30. The molecule has 0 aliphatic carbocycles. The summed E-state index contributed by atoms with van der Waals surface area (Å²) in [5.41, 5.74) is -0.287. The van der Waals surface area contributed by atoms with Gasteiger partial charge in [0.1, 0.15) is 6.04 Å². The number of aliphatic carboxylic acids is 1. The van der Waals surface area contributed by atoms with Crippen molar-refractivity contribution in [2.24, 2.45) is 11.3 Å². The molecule has 1 heterocycles. The van der Waals surface area contributed by atoms with E-state index in [1.807, 2.05) is 46.6 Å². The van der Waals surface area contributed by atoms with Crippen LogP contribution in [0.5, 0.6) is 0 Å². The predicted octanol–water partition coefficient (Wildman–Crippen LogP) is 2.52. The predicted molar refractivity (Wildman–Crippen MR) is 114 cm³/mol. The summed E-state index contributed by atoms with van der Waals surface area (Å²) < 4.78 is 0. The van der Waals surface area contributed by atoms with Gasteiger partial charge in [0.15, 0.2) is 0 Å². The number of hydrogen-bond acceptors (Lipinski definition) is 4. The van der Waals surface area contributed by atoms with E-state index in [1.54, 1.807) is 18.0 Å². The van der Waals surface area contributed by atoms with E-state index in [0.717, 1.165) is 25.8 Å². The molecular formula is C22H39N3O4. The topological polar surface area (TPSA) is 90.0 Å². The summed E-state index contributed by atoms with van der Waals surface area (Å²) in [6.45, 7) is 12.1. The van der Waals surface area contributed by atoms with Gasteiger partial charge in [-0.05, 0) is 44.7 Å². The summed E-state index contributed by atoms with van der Waals surface area (Å²) >= 11 is 0. The first-order chi connectivity index (χ1) is 13.3. The molecule has 7 heteroatoms. The van der Waals surface area contributed by atoms with Gasteiger partial charge in [-0.1, -0.05) is 47.1 Å². The minimum atomic E-state index is -1.00. The molecule has 1 aliphatic heterocycles. The number of amides is 2. The van der Waals surface area contributed by atoms with Crippen LogP contribution in [-0.4, -0.2) is 71.5 Å². The molecular weight excluding hydrogens is 370 g/mol. The van der Waals surface area contributed by atoms with E-state index in [9.17, 15) is 19.5 Å². The van der Waals surface area contributed by atoms with Gasteiger partial charge in [0, 0.05) is 12.6 Å². The third-order valence-electron chi connectivity index (χ3n) is 5.71. The van der Waals surface area contributed by atoms with Crippen molar-refractivity contribution in [2.45, 2.75) is 78.9 Å². The van der Waals surface area contributed by atoms with E-state index in [4.69, 9.17) is 0 Å². The maximum absolute atomic E-state index is 13.4. The van der Waals surface area contributed by atoms with Crippen molar-refractivity contribution in [3.8, 4) is 0 Å². The van der Waals surface area contributed by atoms with Gasteiger partial charge in [0.25, 0.3) is 0 Å². The number of carbonyl (C=O) groups is 3. The van der Waals surface area contributed by atoms with E-state index < -0.39 is 17.4 Å². The Labute approximate surface area is 175 Å². The van der Waals surface area contributed by atoms with E-state index >= 15 is 0 Å². The molecule has 1 saturated heterocycles. The number of carboxylic acids is 1. The molecule has 1 rings (SSSR count). The molecule has 0 bridgehead atoms. The molecule has 2 unspecified atom stereocenters. The van der Waals surface area contributed by atoms with Crippen molar-refractivity contribution >= 4 is 17.8 Å². The summed E-state index contributed by atoms with van der Waals surface area (Å²) in [5.74, 6) is -1.30. The van der Waals surface area contributed by atoms with Gasteiger partial charge in [0.05, 0.1) is 12.1 Å². The standard InChI is InChI=1S/C22H39N3O4/c1-14(2)17(13-15(3)21(28)29)25(8)20(27)18(22(4,5)6)23-19(26)16-11-9-10-12-24(16)7/h13-14,16-18H,9-12H2,1-8H3,(H,23,26)(H,28,29)/b15-13+/t16?,17-,18?/m1/s1. The lowest BCUT2D eigenvalue weighted by atomic mass is 9.84. The van der Waals surface area contributed by atoms with Gasteiger partial charge in [-0.15, -0.1) is 0 Å². The maximum Gasteiger partial charge on any atom is 0.331 e. The summed E-state index contributed by atoms with van der Waals surface area (Å²) in [6.07, 6.45) is 4.49. The Balaban J connectivity index is 3.10. The number of nitrogens with zero attached hydrogens (tertiary/aromatic N) is 2. The zero-order chi connectivity index (χ0) is 22.5. The minimum absolute atomic E-state index is 0.0269. The first kappa shape index (κ1) is 25.1. The highest BCUT2D eigenvalue weighted by molar-refractivity contribution is 5.91. The van der Waals surface area contributed by atoms with Crippen molar-refractivity contribution in [1.82, 2.24) is 15.1 Å². The van der Waals surface area contributed by atoms with Crippen molar-refractivity contribution in [2.75, 3.05) is 20.6 Å². The van der Waals surface area contributed by atoms with Crippen molar-refractivity contribution in [1.29, 1.82) is 0 Å². The molecule has 0 aromatic rings. The first-order valence-electron chi connectivity index (χ1n) is 10.5. The quantitative estimate of drug-likeness (QED) is 0.631. The fourth-order valence-electron chi connectivity index (χ4n) is 3.72. The van der Waals surface area contributed by atoms with Gasteiger partial charge < -0.3 is 15.3 Å². The Morgan fingerprint density at radius 1 is 1.21 bits per heavy atom. The second-order valence-corrected chi connectivity index (χ2v) is 9.64. The van der Waals surface area contributed by atoms with Crippen molar-refractivity contribution < 1.29 is 19.5 Å². The third-order valence-corrected chi connectivity index (χ3v) is 5.71. The average Bonchev–Trinajstić information content (AvgIpc) is 2.61. The molecule has 3 atom stereocenters. The fraction of sp³-hybridized carbons (Fsp3) is 0.773. The number of carboxylic acid groups (broad SMARTS) is 1. The van der Waals surface area contributed by atoms with E-state index in [-0.39, 0.29) is 35.4 Å². The lowest BCUT2D eigenvalue weighted by Gasteiger charge is -2.39. The Kier molecular flexibility index (Phi) is 8.87. The van der Waals surface area contributed by atoms with Crippen LogP contribution < -0.4 is 5.32 Å². The Morgan fingerprint density at radius 3 is 2.24 bits per heavy atom. The van der Waals surface area contributed by atoms with Crippen molar-refractivity contribution in [3.63, 3.8) is 0 Å². The molecule has 0 aromatic heterocycles. The van der Waals surface area contributed by atoms with Gasteiger partial charge in [0.2, 0.25) is 11.8 Å². The SMILES string of the molecule is C/C(=C\[C@H](C(C)C)N(C)C(=O)C(NC(=O)C1CCCCN1C)C(C)(C)C)C(=O)O. The summed E-state index contributed by atoms with van der Waals surface area (Å²) in [7, 11) is 3.62. The fourth-order valence-corrected chi connectivity index (χ4v) is 3.72. The van der Waals surface area contributed by atoms with Crippen LogP contribution in [0.25, 0.3) is 0 Å². The maximum atomic E-state index is 13.4. The molecule has 0 aromatic carbocycles. The molecule has 2 amide bonds. The van der Waals surface area contributed by atoms with E-state index in [0.29, 0.717) is 0 Å². The summed E-state index contributed by atoms with van der Waals surface area (Å²) in [5, 5.41) is 12.2. The molecule has 0 saturated carbocycles. The molecule has 1 aliphatic rings. The highest BCUT2D eigenvalue weighted by atomic mass is 16.4. The third kappa shape index (κ3) is 6.84. The number of hydrogen-bond donors (Lipinski definition) is 2. The molecule has 0 spiro atoms. The molecule has 166 valence electrons. The second-order valence-electron chi connectivity index (χ2n) is 9.64. The average molecular weight is 410 g/mol. The Hall–Kier alpha value is -1.89. The van der Waals surface area contributed by atoms with Gasteiger partial charge in [-0.3, -0.25) is 14.5 Å². The van der Waals surface area contributed by atoms with Crippen LogP contribution in [0.4, 0.5) is 0 Å². The molecule has 0 radical (unpaired) electrons. The lowest BCUT2D eigenvalue weighted by Crippen LogP contribution is -2.59. The van der Waals surface area contributed by atoms with Gasteiger partial charge >= 0.3 is 5.97 Å². The van der Waals surface area contributed by atoms with Gasteiger partial charge in [-0.2, -0.15) is 0 Å². The van der Waals surface area contributed by atoms with Crippen LogP contribution in [0.15, 0.2) is 11.6 Å². The molecule has 1 fully saturated rings. The monoisotopic (exact) mass is 409 g/mol.